The number of aromatic hydroxyl groups is 1. The van der Waals surface area contributed by atoms with Crippen LogP contribution in [0.4, 0.5) is 0 Å². The number of carboxylic acids is 1. The van der Waals surface area contributed by atoms with Crippen LogP contribution in [-0.4, -0.2) is 174 Å². The van der Waals surface area contributed by atoms with Gasteiger partial charge < -0.3 is 85.2 Å². The van der Waals surface area contributed by atoms with Gasteiger partial charge in [0.25, 0.3) is 0 Å². The van der Waals surface area contributed by atoms with E-state index in [1.807, 2.05) is 34.6 Å². The molecule has 19 N–H and O–H groups in total. The number of imidazole rings is 2. The summed E-state index contributed by atoms with van der Waals surface area (Å²) in [6.45, 7) is 12.5. The molecule has 5 rings (SSSR count). The average molecular weight is 1280 g/mol. The van der Waals surface area contributed by atoms with Crippen molar-refractivity contribution in [3.05, 3.63) is 102 Å². The van der Waals surface area contributed by atoms with E-state index in [0.29, 0.717) is 41.8 Å². The summed E-state index contributed by atoms with van der Waals surface area (Å²) >= 11 is 0. The van der Waals surface area contributed by atoms with E-state index in [4.69, 9.17) is 22.9 Å². The number of carbonyl (C=O) groups excluding carboxylic acids is 9. The zero-order chi connectivity index (χ0) is 67.8. The number of benzene rings is 2. The molecule has 1 unspecified atom stereocenters. The molecule has 1 saturated heterocycles. The number of nitrogens with two attached hydrogens (primary N) is 4. The van der Waals surface area contributed by atoms with Gasteiger partial charge in [0.05, 0.1) is 37.2 Å². The van der Waals surface area contributed by atoms with Gasteiger partial charge in [0.15, 0.2) is 11.7 Å². The number of nitrogens with one attached hydrogen (secondary N) is 9. The van der Waals surface area contributed by atoms with Crippen molar-refractivity contribution in [1.29, 1.82) is 0 Å². The number of aliphatic carboxylic acids is 1. The van der Waals surface area contributed by atoms with E-state index < -0.39 is 132 Å². The van der Waals surface area contributed by atoms with E-state index >= 15 is 4.79 Å². The molecular formula is C63H93N17O12. The molecule has 0 saturated carbocycles. The maximum atomic E-state index is 15.1. The third-order valence-corrected chi connectivity index (χ3v) is 16.3. The van der Waals surface area contributed by atoms with Crippen LogP contribution in [0, 0.1) is 23.7 Å². The standard InChI is InChI=1S/C63H93N17O12/c1-8-36(6)53(79-61(91)54(39-18-20-42(82)21-19-39)71-31-49(35(4)5)78-57(87)45(16-12-22-70-63(66)67)74-56(86)44(64)28-51(83)84)60(90)77-48(27-41-30-69-33-73-41)62(92)80-23-13-17-50(80)59(89)76-47(25-38-14-10-9-11-15-38)58(88)75-46(26-40-29-68-32-72-40)55(85)52(65)43(37(7)81)24-34(2)3/h9-11,14-15,18-21,29-30,32-36,43-50,52-54,71,82H,8,12-13,16-17,22-28,31,64-65H2,1-7H3,(H,68,72)(H,69,73)(H,74,86)(H,75,88)(H,76,89)(H,77,90)(H,78,87)(H,79,91)(H,83,84)(H4,66,67,70)/t36-,43+,44-,45-,46-,47-,48-,49+,50-,52?,53-,54-/m0/s1. The Morgan fingerprint density at radius 2 is 1.34 bits per heavy atom. The summed E-state index contributed by atoms with van der Waals surface area (Å²) in [6.07, 6.45) is 6.41. The number of aromatic amines is 2. The number of aromatic nitrogens is 4. The fourth-order valence-corrected chi connectivity index (χ4v) is 10.8. The molecule has 2 aromatic carbocycles. The highest BCUT2D eigenvalue weighted by Crippen LogP contribution is 2.24. The summed E-state index contributed by atoms with van der Waals surface area (Å²) in [6, 6.07) is 2.44. The first-order valence-corrected chi connectivity index (χ1v) is 31.1. The fraction of sp³-hybridized carbons (Fsp3) is 0.540. The van der Waals surface area contributed by atoms with Crippen molar-refractivity contribution < 1.29 is 58.2 Å². The van der Waals surface area contributed by atoms with Gasteiger partial charge in [0.2, 0.25) is 41.4 Å². The van der Waals surface area contributed by atoms with Crippen LogP contribution in [0.15, 0.2) is 84.6 Å². The second-order valence-electron chi connectivity index (χ2n) is 24.3. The molecule has 502 valence electrons. The lowest BCUT2D eigenvalue weighted by atomic mass is 9.83. The van der Waals surface area contributed by atoms with Crippen LogP contribution in [0.3, 0.4) is 0 Å². The highest BCUT2D eigenvalue weighted by Gasteiger charge is 2.42. The van der Waals surface area contributed by atoms with Crippen LogP contribution in [0.1, 0.15) is 122 Å². The maximum absolute atomic E-state index is 15.1. The number of hydrogen-bond acceptors (Lipinski definition) is 17. The number of H-pyrrole nitrogens is 2. The quantitative estimate of drug-likeness (QED) is 0.0157. The van der Waals surface area contributed by atoms with Crippen molar-refractivity contribution in [2.24, 2.45) is 51.6 Å². The molecule has 1 aliphatic heterocycles. The number of aliphatic imine (C=N–C) groups is 1. The number of carboxylic acid groups (broad SMARTS) is 1. The van der Waals surface area contributed by atoms with Gasteiger partial charge in [-0.15, -0.1) is 0 Å². The first-order chi connectivity index (χ1) is 43.7. The molecule has 7 amide bonds. The zero-order valence-corrected chi connectivity index (χ0v) is 53.4. The van der Waals surface area contributed by atoms with Gasteiger partial charge in [-0.05, 0) is 80.0 Å². The van der Waals surface area contributed by atoms with E-state index in [1.54, 1.807) is 37.3 Å². The smallest absolute Gasteiger partial charge is 0.305 e. The van der Waals surface area contributed by atoms with Gasteiger partial charge in [-0.3, -0.25) is 52.9 Å². The lowest BCUT2D eigenvalue weighted by Gasteiger charge is -2.32. The molecule has 0 radical (unpaired) electrons. The molecule has 92 heavy (non-hydrogen) atoms. The van der Waals surface area contributed by atoms with Gasteiger partial charge in [0.1, 0.15) is 47.8 Å². The second-order valence-corrected chi connectivity index (χ2v) is 24.3. The minimum atomic E-state index is -1.46. The van der Waals surface area contributed by atoms with Crippen molar-refractivity contribution in [1.82, 2.24) is 62.1 Å². The number of phenols is 1. The molecule has 29 heteroatoms. The number of hydrogen-bond donors (Lipinski definition) is 15. The predicted molar refractivity (Wildman–Crippen MR) is 341 cm³/mol. The number of phenolic OH excluding ortho intramolecular Hbond substituents is 1. The van der Waals surface area contributed by atoms with E-state index in [-0.39, 0.29) is 87.5 Å². The Labute approximate surface area is 535 Å². The molecule has 29 nitrogen and oxygen atoms in total. The van der Waals surface area contributed by atoms with Gasteiger partial charge in [-0.1, -0.05) is 90.4 Å². The predicted octanol–water partition coefficient (Wildman–Crippen LogP) is -0.198. The maximum Gasteiger partial charge on any atom is 0.305 e. The molecule has 0 bridgehead atoms. The van der Waals surface area contributed by atoms with E-state index in [1.165, 1.54) is 61.1 Å². The van der Waals surface area contributed by atoms with Crippen LogP contribution >= 0.6 is 0 Å². The van der Waals surface area contributed by atoms with Gasteiger partial charge in [0, 0.05) is 74.6 Å². The first-order valence-electron chi connectivity index (χ1n) is 31.1. The minimum Gasteiger partial charge on any atom is -0.508 e. The molecule has 1 aliphatic rings. The Morgan fingerprint density at radius 1 is 0.728 bits per heavy atom. The SMILES string of the molecule is CC[C@H](C)[C@H](NC(=O)[C@@H](NC[C@@H](NC(=O)[C@H](CCCN=C(N)N)NC(=O)[C@@H](N)CC(=O)O)C(C)C)c1ccc(O)cc1)C(=O)N[C@@H](Cc1cnc[nH]1)C(=O)N1CCC[C@H]1C(=O)N[C@@H](Cc1ccccc1)C(=O)N[C@@H](Cc1cnc[nH]1)C(=O)C(N)[C@H](CC(C)C)C(C)=O. The van der Waals surface area contributed by atoms with E-state index in [0.717, 1.165) is 0 Å². The Bertz CT molecular complexity index is 3110. The van der Waals surface area contributed by atoms with Crippen molar-refractivity contribution in [3.8, 4) is 5.75 Å². The molecule has 3 heterocycles. The Kier molecular flexibility index (Phi) is 28.9. The van der Waals surface area contributed by atoms with E-state index in [2.05, 4.69) is 62.1 Å². The third-order valence-electron chi connectivity index (χ3n) is 16.3. The van der Waals surface area contributed by atoms with Gasteiger partial charge >= 0.3 is 5.97 Å². The molecule has 1 fully saturated rings. The Morgan fingerprint density at radius 3 is 1.90 bits per heavy atom. The number of Topliss-reactive ketones (excluding diaryl/α,β-unsaturated/α-hetero) is 2. The topological polar surface area (TPSA) is 472 Å². The van der Waals surface area contributed by atoms with Gasteiger partial charge in [-0.2, -0.15) is 0 Å². The average Bonchev–Trinajstić information content (AvgIpc) is 1.55. The highest BCUT2D eigenvalue weighted by molar-refractivity contribution is 5.99. The van der Waals surface area contributed by atoms with Gasteiger partial charge in [-0.25, -0.2) is 9.97 Å². The molecule has 12 atom stereocenters. The number of rotatable bonds is 38. The number of ketones is 2. The van der Waals surface area contributed by atoms with Crippen LogP contribution in [0.5, 0.6) is 5.75 Å². The zero-order valence-electron chi connectivity index (χ0n) is 53.4. The van der Waals surface area contributed by atoms with E-state index in [9.17, 15) is 53.4 Å². The molecule has 0 aliphatic carbocycles. The third kappa shape index (κ3) is 22.7. The number of likely N-dealkylation sites (tertiary alicyclic amines) is 1. The lowest BCUT2D eigenvalue weighted by Crippen LogP contribution is -2.60. The number of nitrogens with zero attached hydrogens (tertiary/aromatic N) is 4. The highest BCUT2D eigenvalue weighted by atomic mass is 16.4. The van der Waals surface area contributed by atoms with Crippen molar-refractivity contribution in [3.63, 3.8) is 0 Å². The Hall–Kier alpha value is -9.09. The summed E-state index contributed by atoms with van der Waals surface area (Å²) in [7, 11) is 0. The molecule has 2 aromatic heterocycles. The summed E-state index contributed by atoms with van der Waals surface area (Å²) in [4.78, 5) is 159. The van der Waals surface area contributed by atoms with Crippen molar-refractivity contribution in [2.75, 3.05) is 19.6 Å². The fourth-order valence-electron chi connectivity index (χ4n) is 10.8. The number of amides is 7. The van der Waals surface area contributed by atoms with Crippen LogP contribution in [0.2, 0.25) is 0 Å². The van der Waals surface area contributed by atoms with Crippen LogP contribution in [0.25, 0.3) is 0 Å². The lowest BCUT2D eigenvalue weighted by molar-refractivity contribution is -0.142. The second kappa shape index (κ2) is 36.1. The Balaban J connectivity index is 1.39. The number of carbonyl (C=O) groups is 10. The van der Waals surface area contributed by atoms with Crippen molar-refractivity contribution in [2.45, 2.75) is 173 Å². The summed E-state index contributed by atoms with van der Waals surface area (Å²) < 4.78 is 0. The van der Waals surface area contributed by atoms with Crippen molar-refractivity contribution >= 4 is 64.8 Å². The number of guanidine groups is 1. The summed E-state index contributed by atoms with van der Waals surface area (Å²) in [5.74, 6) is -9.13. The molecule has 0 spiro atoms. The molecule has 4 aromatic rings. The first kappa shape index (κ1) is 73.6. The van der Waals surface area contributed by atoms with Crippen LogP contribution in [-0.2, 0) is 67.2 Å². The summed E-state index contributed by atoms with van der Waals surface area (Å²) in [5, 5.41) is 39.7. The molecular weight excluding hydrogens is 1190 g/mol. The van der Waals surface area contributed by atoms with Crippen LogP contribution < -0.4 is 60.2 Å². The summed E-state index contributed by atoms with van der Waals surface area (Å²) in [5.41, 5.74) is 25.3. The minimum absolute atomic E-state index is 0.0270. The monoisotopic (exact) mass is 1280 g/mol. The normalized spacial score (nSPS) is 16.6. The largest absolute Gasteiger partial charge is 0.508 e.